The third-order valence-electron chi connectivity index (χ3n) is 5.03. The molecule has 0 radical (unpaired) electrons. The van der Waals surface area contributed by atoms with E-state index in [0.29, 0.717) is 16.7 Å². The first-order valence-electron chi connectivity index (χ1n) is 11.4. The van der Waals surface area contributed by atoms with E-state index in [1.807, 2.05) is 33.3 Å². The van der Waals surface area contributed by atoms with Crippen LogP contribution in [0.2, 0.25) is 0 Å². The monoisotopic (exact) mass is 455 g/mol. The quantitative estimate of drug-likeness (QED) is 0.279. The molecule has 0 aliphatic carbocycles. The fourth-order valence-electron chi connectivity index (χ4n) is 3.61. The number of benzene rings is 1. The molecule has 1 aromatic rings. The van der Waals surface area contributed by atoms with Crippen LogP contribution in [-0.4, -0.2) is 52.6 Å². The van der Waals surface area contributed by atoms with Crippen LogP contribution in [0.5, 0.6) is 0 Å². The van der Waals surface area contributed by atoms with E-state index in [0.717, 1.165) is 12.8 Å². The van der Waals surface area contributed by atoms with Crippen LogP contribution >= 0.6 is 0 Å². The van der Waals surface area contributed by atoms with E-state index >= 15 is 0 Å². The molecule has 1 aromatic carbocycles. The van der Waals surface area contributed by atoms with Gasteiger partial charge in [-0.1, -0.05) is 64.0 Å². The fourth-order valence-corrected chi connectivity index (χ4v) is 4.71. The molecule has 0 amide bonds. The van der Waals surface area contributed by atoms with Gasteiger partial charge >= 0.3 is 0 Å². The number of likely N-dealkylation sites (N-methyl/N-ethyl adjacent to an activating group) is 1. The molecule has 0 saturated heterocycles. The molecular formula is C23H41N3O4S. The Kier molecular flexibility index (Phi) is 12.1. The number of carbonyl (C=O) groups is 1. The number of carboxylic acids is 1. The van der Waals surface area contributed by atoms with Gasteiger partial charge in [-0.25, -0.2) is 0 Å². The van der Waals surface area contributed by atoms with Crippen molar-refractivity contribution in [1.29, 1.82) is 0 Å². The Labute approximate surface area is 189 Å². The fraction of sp³-hybridized carbons (Fsp3) is 0.696. The van der Waals surface area contributed by atoms with Crippen LogP contribution in [0, 0.1) is 0 Å². The van der Waals surface area contributed by atoms with Gasteiger partial charge in [-0.05, 0) is 30.5 Å². The van der Waals surface area contributed by atoms with Crippen molar-refractivity contribution < 1.29 is 22.8 Å². The molecule has 1 unspecified atom stereocenters. The second-order valence-corrected chi connectivity index (χ2v) is 10.8. The van der Waals surface area contributed by atoms with E-state index < -0.39 is 22.2 Å². The van der Waals surface area contributed by atoms with Gasteiger partial charge in [0.1, 0.15) is 0 Å². The number of rotatable bonds is 17. The molecular weight excluding hydrogens is 414 g/mol. The van der Waals surface area contributed by atoms with E-state index in [9.17, 15) is 18.3 Å². The Morgan fingerprint density at radius 1 is 0.968 bits per heavy atom. The smallest absolute Gasteiger partial charge is 0.299 e. The summed E-state index contributed by atoms with van der Waals surface area (Å²) in [5.74, 6) is -1.29. The highest BCUT2D eigenvalue weighted by Gasteiger charge is 2.23. The maximum Gasteiger partial charge on any atom is 0.299 e. The minimum atomic E-state index is -3.90. The predicted octanol–water partition coefficient (Wildman–Crippen LogP) is 2.83. The largest absolute Gasteiger partial charge is 0.550 e. The van der Waals surface area contributed by atoms with Crippen LogP contribution in [0.25, 0.3) is 0 Å². The lowest BCUT2D eigenvalue weighted by molar-refractivity contribution is -0.871. The van der Waals surface area contributed by atoms with Gasteiger partial charge in [0.15, 0.2) is 0 Å². The molecule has 0 bridgehead atoms. The Morgan fingerprint density at radius 3 is 2.03 bits per heavy atom. The Morgan fingerprint density at radius 2 is 1.52 bits per heavy atom. The minimum Gasteiger partial charge on any atom is -0.550 e. The van der Waals surface area contributed by atoms with Crippen molar-refractivity contribution in [2.75, 3.05) is 32.4 Å². The number of hydrogen-bond donors (Lipinski definition) is 2. The van der Waals surface area contributed by atoms with Gasteiger partial charge in [-0.3, -0.25) is 4.72 Å². The van der Waals surface area contributed by atoms with Crippen LogP contribution < -0.4 is 14.6 Å². The summed E-state index contributed by atoms with van der Waals surface area (Å²) in [7, 11) is 1.71. The van der Waals surface area contributed by atoms with Crippen LogP contribution in [0.3, 0.4) is 0 Å². The van der Waals surface area contributed by atoms with Gasteiger partial charge in [0.2, 0.25) is 0 Å². The number of nitrogens with zero attached hydrogens (tertiary/aromatic N) is 1. The van der Waals surface area contributed by atoms with Gasteiger partial charge in [0.05, 0.1) is 33.7 Å². The average Bonchev–Trinajstić information content (AvgIpc) is 2.62. The summed E-state index contributed by atoms with van der Waals surface area (Å²) in [4.78, 5) is 11.0. The summed E-state index contributed by atoms with van der Waals surface area (Å²) < 4.78 is 30.3. The van der Waals surface area contributed by atoms with Crippen molar-refractivity contribution in [1.82, 2.24) is 4.72 Å². The topological polar surface area (TPSA) is 98.3 Å². The SMILES string of the molecule is CCCCCCCCCCc1ccc(NS(=O)(=O)NC(CC(=O)[O-])C[N+](C)(C)C)cc1. The van der Waals surface area contributed by atoms with Gasteiger partial charge in [0, 0.05) is 18.1 Å². The first-order chi connectivity index (χ1) is 14.5. The highest BCUT2D eigenvalue weighted by Crippen LogP contribution is 2.15. The number of unbranched alkanes of at least 4 members (excludes halogenated alkanes) is 7. The summed E-state index contributed by atoms with van der Waals surface area (Å²) in [5, 5.41) is 11.0. The Hall–Kier alpha value is -1.64. The maximum absolute atomic E-state index is 12.5. The van der Waals surface area contributed by atoms with Crippen LogP contribution in [-0.2, 0) is 21.4 Å². The number of nitrogens with one attached hydrogen (secondary N) is 2. The normalized spacial score (nSPS) is 13.2. The lowest BCUT2D eigenvalue weighted by Crippen LogP contribution is -2.51. The maximum atomic E-state index is 12.5. The van der Waals surface area contributed by atoms with Crippen molar-refractivity contribution in [2.24, 2.45) is 0 Å². The molecule has 0 fully saturated rings. The summed E-state index contributed by atoms with van der Waals surface area (Å²) >= 11 is 0. The van der Waals surface area contributed by atoms with Crippen molar-refractivity contribution in [3.63, 3.8) is 0 Å². The minimum absolute atomic E-state index is 0.326. The molecule has 0 spiro atoms. The molecule has 1 atom stereocenters. The lowest BCUT2D eigenvalue weighted by Gasteiger charge is -2.29. The van der Waals surface area contributed by atoms with Crippen molar-refractivity contribution >= 4 is 21.9 Å². The first kappa shape index (κ1) is 27.4. The number of carboxylic acid groups (broad SMARTS) is 1. The molecule has 178 valence electrons. The Bertz CT molecular complexity index is 743. The molecule has 0 aliphatic rings. The highest BCUT2D eigenvalue weighted by atomic mass is 32.2. The molecule has 0 saturated carbocycles. The molecule has 2 N–H and O–H groups in total. The molecule has 0 heterocycles. The number of quaternary nitrogens is 1. The molecule has 7 nitrogen and oxygen atoms in total. The van der Waals surface area contributed by atoms with Crippen LogP contribution in [0.1, 0.15) is 70.3 Å². The zero-order valence-corrected chi connectivity index (χ0v) is 20.5. The summed E-state index contributed by atoms with van der Waals surface area (Å²) in [6.45, 7) is 2.56. The summed E-state index contributed by atoms with van der Waals surface area (Å²) in [5.41, 5.74) is 1.63. The highest BCUT2D eigenvalue weighted by molar-refractivity contribution is 7.90. The average molecular weight is 456 g/mol. The predicted molar refractivity (Wildman–Crippen MR) is 125 cm³/mol. The molecule has 31 heavy (non-hydrogen) atoms. The van der Waals surface area contributed by atoms with E-state index in [-0.39, 0.29) is 6.42 Å². The van der Waals surface area contributed by atoms with Crippen molar-refractivity contribution in [2.45, 2.75) is 77.2 Å². The van der Waals surface area contributed by atoms with Gasteiger partial charge < -0.3 is 14.4 Å². The molecule has 0 aliphatic heterocycles. The van der Waals surface area contributed by atoms with E-state index in [1.54, 1.807) is 12.1 Å². The van der Waals surface area contributed by atoms with Gasteiger partial charge in [-0.15, -0.1) is 0 Å². The second kappa shape index (κ2) is 13.7. The zero-order chi connectivity index (χ0) is 23.3. The number of aryl methyl sites for hydroxylation is 1. The van der Waals surface area contributed by atoms with Gasteiger partial charge in [-0.2, -0.15) is 13.1 Å². The zero-order valence-electron chi connectivity index (χ0n) is 19.7. The lowest BCUT2D eigenvalue weighted by atomic mass is 10.0. The molecule has 8 heteroatoms. The van der Waals surface area contributed by atoms with E-state index in [2.05, 4.69) is 16.4 Å². The number of hydrogen-bond acceptors (Lipinski definition) is 4. The molecule has 0 aromatic heterocycles. The van der Waals surface area contributed by atoms with Crippen molar-refractivity contribution in [3.8, 4) is 0 Å². The summed E-state index contributed by atoms with van der Waals surface area (Å²) in [6, 6.07) is 6.59. The van der Waals surface area contributed by atoms with Crippen molar-refractivity contribution in [3.05, 3.63) is 29.8 Å². The second-order valence-electron chi connectivity index (χ2n) is 9.39. The number of carbonyl (C=O) groups excluding carboxylic acids is 1. The van der Waals surface area contributed by atoms with Crippen LogP contribution in [0.15, 0.2) is 24.3 Å². The number of anilines is 1. The first-order valence-corrected chi connectivity index (χ1v) is 12.9. The standard InChI is InChI=1S/C23H41N3O4S/c1-5-6-7-8-9-10-11-12-13-20-14-16-21(17-15-20)24-31(29,30)25-22(18-23(27)28)19-26(2,3)4/h14-17,22,24-25H,5-13,18-19H2,1-4H3. The van der Waals surface area contributed by atoms with Gasteiger partial charge in [0.25, 0.3) is 10.2 Å². The van der Waals surface area contributed by atoms with E-state index in [4.69, 9.17) is 0 Å². The summed E-state index contributed by atoms with van der Waals surface area (Å²) in [6.07, 6.45) is 10.8. The third kappa shape index (κ3) is 14.1. The molecule has 1 rings (SSSR count). The number of aliphatic carboxylic acids is 1. The third-order valence-corrected chi connectivity index (χ3v) is 6.18. The van der Waals surface area contributed by atoms with E-state index in [1.165, 1.54) is 50.5 Å². The Balaban J connectivity index is 2.48. The van der Waals surface area contributed by atoms with Crippen LogP contribution in [0.4, 0.5) is 5.69 Å².